The first kappa shape index (κ1) is 20.9. The molecular formula is C24H26N8O. The van der Waals surface area contributed by atoms with Gasteiger partial charge in [-0.1, -0.05) is 11.3 Å². The molecule has 168 valence electrons. The molecule has 5 rings (SSSR count). The molecule has 1 aliphatic rings. The highest BCUT2D eigenvalue weighted by molar-refractivity contribution is 5.95. The highest BCUT2D eigenvalue weighted by Gasteiger charge is 2.23. The number of carbonyl (C=O) groups is 1. The second kappa shape index (κ2) is 8.16. The van der Waals surface area contributed by atoms with Crippen molar-refractivity contribution in [1.82, 2.24) is 29.7 Å². The molecule has 4 N–H and O–H groups in total. The summed E-state index contributed by atoms with van der Waals surface area (Å²) in [6, 6.07) is 7.91. The fraction of sp³-hybridized carbons (Fsp3) is 0.292. The Morgan fingerprint density at radius 3 is 2.64 bits per heavy atom. The third kappa shape index (κ3) is 4.34. The van der Waals surface area contributed by atoms with Crippen molar-refractivity contribution < 1.29 is 4.79 Å². The van der Waals surface area contributed by atoms with Gasteiger partial charge in [-0.3, -0.25) is 10.2 Å². The molecule has 0 saturated heterocycles. The van der Waals surface area contributed by atoms with Crippen molar-refractivity contribution in [2.75, 3.05) is 0 Å². The van der Waals surface area contributed by atoms with Crippen LogP contribution in [0.15, 0.2) is 42.9 Å². The molecule has 0 radical (unpaired) electrons. The van der Waals surface area contributed by atoms with E-state index < -0.39 is 0 Å². The molecule has 0 unspecified atom stereocenters. The second-order valence-electron chi connectivity index (χ2n) is 8.72. The van der Waals surface area contributed by atoms with E-state index in [9.17, 15) is 4.79 Å². The van der Waals surface area contributed by atoms with Crippen molar-refractivity contribution in [3.05, 3.63) is 82.1 Å². The Hall–Kier alpha value is -4.01. The third-order valence-corrected chi connectivity index (χ3v) is 6.10. The summed E-state index contributed by atoms with van der Waals surface area (Å²) in [6.07, 6.45) is 8.31. The predicted octanol–water partition coefficient (Wildman–Crippen LogP) is 2.68. The monoisotopic (exact) mass is 442 g/mol. The molecule has 1 aromatic carbocycles. The number of amides is 1. The number of amidine groups is 1. The maximum absolute atomic E-state index is 12.6. The standard InChI is InChI=1S/C24H26N8O/c1-14-7-18(23(25)26)8-15(2)20(14)9-27-24(33)21-13-32(30-29-21)12-19-11-31-10-17(16-3-4-16)5-6-22(31)28-19/h5-8,10-11,13,16H,3-4,9,12H2,1-2H3,(H3,25,26)(H,27,33). The molecule has 1 aliphatic carbocycles. The number of aryl methyl sites for hydroxylation is 2. The summed E-state index contributed by atoms with van der Waals surface area (Å²) in [5, 5.41) is 18.6. The lowest BCUT2D eigenvalue weighted by Crippen LogP contribution is -2.24. The molecule has 0 spiro atoms. The van der Waals surface area contributed by atoms with Gasteiger partial charge in [0.2, 0.25) is 0 Å². The van der Waals surface area contributed by atoms with Gasteiger partial charge < -0.3 is 15.5 Å². The summed E-state index contributed by atoms with van der Waals surface area (Å²) < 4.78 is 3.67. The zero-order valence-corrected chi connectivity index (χ0v) is 18.7. The van der Waals surface area contributed by atoms with Gasteiger partial charge in [-0.2, -0.15) is 0 Å². The van der Waals surface area contributed by atoms with Crippen LogP contribution in [0.3, 0.4) is 0 Å². The number of hydrogen-bond acceptors (Lipinski definition) is 5. The number of nitrogens with one attached hydrogen (secondary N) is 2. The average Bonchev–Trinajstić information content (AvgIpc) is 3.39. The van der Waals surface area contributed by atoms with Crippen LogP contribution in [-0.2, 0) is 13.1 Å². The van der Waals surface area contributed by atoms with Crippen molar-refractivity contribution in [1.29, 1.82) is 5.41 Å². The van der Waals surface area contributed by atoms with E-state index in [0.29, 0.717) is 24.6 Å². The van der Waals surface area contributed by atoms with Crippen LogP contribution in [0.25, 0.3) is 5.65 Å². The molecule has 3 heterocycles. The fourth-order valence-electron chi connectivity index (χ4n) is 4.13. The van der Waals surface area contributed by atoms with Gasteiger partial charge in [0, 0.05) is 24.5 Å². The summed E-state index contributed by atoms with van der Waals surface area (Å²) >= 11 is 0. The lowest BCUT2D eigenvalue weighted by atomic mass is 9.99. The van der Waals surface area contributed by atoms with Crippen molar-refractivity contribution in [2.24, 2.45) is 5.73 Å². The number of rotatable bonds is 7. The van der Waals surface area contributed by atoms with Crippen molar-refractivity contribution >= 4 is 17.4 Å². The van der Waals surface area contributed by atoms with E-state index in [1.165, 1.54) is 18.4 Å². The van der Waals surface area contributed by atoms with Gasteiger partial charge in [0.05, 0.1) is 18.4 Å². The van der Waals surface area contributed by atoms with E-state index in [1.54, 1.807) is 10.9 Å². The summed E-state index contributed by atoms with van der Waals surface area (Å²) in [5.74, 6) is 0.429. The predicted molar refractivity (Wildman–Crippen MR) is 124 cm³/mol. The van der Waals surface area contributed by atoms with Crippen LogP contribution in [0.4, 0.5) is 0 Å². The van der Waals surface area contributed by atoms with Crippen LogP contribution >= 0.6 is 0 Å². The summed E-state index contributed by atoms with van der Waals surface area (Å²) in [4.78, 5) is 17.3. The van der Waals surface area contributed by atoms with Crippen molar-refractivity contribution in [3.63, 3.8) is 0 Å². The van der Waals surface area contributed by atoms with E-state index in [0.717, 1.165) is 28.0 Å². The molecule has 1 fully saturated rings. The minimum absolute atomic E-state index is 0.0300. The third-order valence-electron chi connectivity index (χ3n) is 6.10. The number of benzene rings is 1. The number of fused-ring (bicyclic) bond motifs is 1. The van der Waals surface area contributed by atoms with E-state index >= 15 is 0 Å². The number of hydrogen-bond donors (Lipinski definition) is 3. The van der Waals surface area contributed by atoms with Gasteiger partial charge in [0.15, 0.2) is 5.69 Å². The number of aromatic nitrogens is 5. The molecule has 1 amide bonds. The Labute approximate surface area is 191 Å². The van der Waals surface area contributed by atoms with Gasteiger partial charge >= 0.3 is 0 Å². The number of pyridine rings is 1. The highest BCUT2D eigenvalue weighted by atomic mass is 16.2. The van der Waals surface area contributed by atoms with E-state index in [2.05, 4.69) is 37.3 Å². The first-order valence-electron chi connectivity index (χ1n) is 11.0. The van der Waals surface area contributed by atoms with Crippen LogP contribution in [0, 0.1) is 19.3 Å². The van der Waals surface area contributed by atoms with Crippen LogP contribution in [-0.4, -0.2) is 36.1 Å². The lowest BCUT2D eigenvalue weighted by Gasteiger charge is -2.12. The number of nitrogens with two attached hydrogens (primary N) is 1. The Morgan fingerprint density at radius 2 is 1.94 bits per heavy atom. The topological polar surface area (TPSA) is 127 Å². The normalized spacial score (nSPS) is 13.4. The first-order valence-corrected chi connectivity index (χ1v) is 11.0. The molecule has 1 saturated carbocycles. The second-order valence-corrected chi connectivity index (χ2v) is 8.72. The summed E-state index contributed by atoms with van der Waals surface area (Å²) in [7, 11) is 0. The zero-order chi connectivity index (χ0) is 23.1. The van der Waals surface area contributed by atoms with Crippen LogP contribution in [0.1, 0.15) is 62.8 Å². The number of carbonyl (C=O) groups excluding carboxylic acids is 1. The molecule has 33 heavy (non-hydrogen) atoms. The van der Waals surface area contributed by atoms with E-state index in [-0.39, 0.29) is 17.4 Å². The van der Waals surface area contributed by atoms with Gasteiger partial charge in [-0.15, -0.1) is 5.10 Å². The minimum atomic E-state index is -0.292. The van der Waals surface area contributed by atoms with Crippen LogP contribution in [0.2, 0.25) is 0 Å². The molecular weight excluding hydrogens is 416 g/mol. The molecule has 9 heteroatoms. The average molecular weight is 443 g/mol. The quantitative estimate of drug-likeness (QED) is 0.300. The van der Waals surface area contributed by atoms with Gasteiger partial charge in [0.1, 0.15) is 11.5 Å². The highest BCUT2D eigenvalue weighted by Crippen LogP contribution is 2.39. The zero-order valence-electron chi connectivity index (χ0n) is 18.7. The lowest BCUT2D eigenvalue weighted by molar-refractivity contribution is 0.0945. The molecule has 0 aliphatic heterocycles. The number of nitrogen functional groups attached to an aromatic ring is 1. The first-order chi connectivity index (χ1) is 15.9. The summed E-state index contributed by atoms with van der Waals surface area (Å²) in [6.45, 7) is 4.68. The van der Waals surface area contributed by atoms with Crippen molar-refractivity contribution in [2.45, 2.75) is 45.7 Å². The maximum Gasteiger partial charge on any atom is 0.273 e. The molecule has 3 aromatic heterocycles. The Morgan fingerprint density at radius 1 is 1.18 bits per heavy atom. The maximum atomic E-state index is 12.6. The minimum Gasteiger partial charge on any atom is -0.384 e. The molecule has 0 atom stereocenters. The van der Waals surface area contributed by atoms with E-state index in [4.69, 9.17) is 11.1 Å². The van der Waals surface area contributed by atoms with Gasteiger partial charge in [0.25, 0.3) is 5.91 Å². The number of nitrogens with zero attached hydrogens (tertiary/aromatic N) is 5. The molecule has 0 bridgehead atoms. The van der Waals surface area contributed by atoms with Gasteiger partial charge in [-0.05, 0) is 73.1 Å². The molecule has 4 aromatic rings. The van der Waals surface area contributed by atoms with Crippen molar-refractivity contribution in [3.8, 4) is 0 Å². The number of imidazole rings is 1. The summed E-state index contributed by atoms with van der Waals surface area (Å²) in [5.41, 5.74) is 12.6. The smallest absolute Gasteiger partial charge is 0.273 e. The van der Waals surface area contributed by atoms with E-state index in [1.807, 2.05) is 38.2 Å². The Balaban J connectivity index is 1.24. The fourth-order valence-corrected chi connectivity index (χ4v) is 4.13. The van der Waals surface area contributed by atoms with Crippen LogP contribution in [0.5, 0.6) is 0 Å². The SMILES string of the molecule is Cc1cc(C(=N)N)cc(C)c1CNC(=O)c1cn(Cc2cn3cc(C4CC4)ccc3n2)nn1. The Kier molecular flexibility index (Phi) is 5.16. The van der Waals surface area contributed by atoms with Gasteiger partial charge in [-0.25, -0.2) is 9.67 Å². The Bertz CT molecular complexity index is 1360. The molecule has 9 nitrogen and oxygen atoms in total. The largest absolute Gasteiger partial charge is 0.384 e. The van der Waals surface area contributed by atoms with Crippen LogP contribution < -0.4 is 11.1 Å².